The molecule has 0 unspecified atom stereocenters. The molecule has 0 bridgehead atoms. The van der Waals surface area contributed by atoms with Crippen LogP contribution in [0.25, 0.3) is 0 Å². The van der Waals surface area contributed by atoms with Crippen molar-refractivity contribution in [1.29, 1.82) is 0 Å². The molecule has 0 spiro atoms. The number of carbonyl (C=O) groups is 1. The van der Waals surface area contributed by atoms with Gasteiger partial charge in [-0.3, -0.25) is 4.79 Å². The minimum Gasteiger partial charge on any atom is -0.366 e. The lowest BCUT2D eigenvalue weighted by Crippen LogP contribution is -2.39. The van der Waals surface area contributed by atoms with Crippen LogP contribution in [0.4, 0.5) is 23.2 Å². The third kappa shape index (κ3) is 3.78. The van der Waals surface area contributed by atoms with Crippen LogP contribution in [0, 0.1) is 17.7 Å². The molecule has 0 saturated carbocycles. The second-order valence-electron chi connectivity index (χ2n) is 7.04. The van der Waals surface area contributed by atoms with Crippen LogP contribution in [0.5, 0.6) is 0 Å². The van der Waals surface area contributed by atoms with Crippen LogP contribution >= 0.6 is 0 Å². The predicted molar refractivity (Wildman–Crippen MR) is 106 cm³/mol. The maximum Gasteiger partial charge on any atom is 0.418 e. The zero-order chi connectivity index (χ0) is 22.2. The summed E-state index contributed by atoms with van der Waals surface area (Å²) in [5.41, 5.74) is -3.27. The monoisotopic (exact) mass is 425 g/mol. The molecule has 4 rings (SSSR count). The van der Waals surface area contributed by atoms with Gasteiger partial charge in [0.2, 0.25) is 5.60 Å². The maximum absolute atomic E-state index is 13.7. The summed E-state index contributed by atoms with van der Waals surface area (Å²) in [7, 11) is 0. The largest absolute Gasteiger partial charge is 0.418 e. The first-order chi connectivity index (χ1) is 14.7. The van der Waals surface area contributed by atoms with Gasteiger partial charge >= 0.3 is 6.18 Å². The standard InChI is InChI=1S/C24H15F4NO2/c25-18-11-9-16(10-12-18)13-14-23(31)19-7-4-8-20(24(26,27)28)21(19)29(22(23)30)15-17-5-2-1-3-6-17/h1-12,31H,15H2/t23-/m0/s1. The summed E-state index contributed by atoms with van der Waals surface area (Å²) in [5.74, 6) is 3.53. The maximum atomic E-state index is 13.7. The van der Waals surface area contributed by atoms with Crippen molar-refractivity contribution in [2.75, 3.05) is 4.90 Å². The van der Waals surface area contributed by atoms with E-state index in [9.17, 15) is 27.5 Å². The number of amides is 1. The van der Waals surface area contributed by atoms with Crippen LogP contribution in [-0.4, -0.2) is 11.0 Å². The Balaban J connectivity index is 1.86. The first-order valence-corrected chi connectivity index (χ1v) is 9.28. The predicted octanol–water partition coefficient (Wildman–Crippen LogP) is 4.63. The molecule has 3 aromatic carbocycles. The van der Waals surface area contributed by atoms with Crippen LogP contribution in [0.1, 0.15) is 22.3 Å². The van der Waals surface area contributed by atoms with Gasteiger partial charge in [0.1, 0.15) is 5.82 Å². The first kappa shape index (κ1) is 20.6. The van der Waals surface area contributed by atoms with Gasteiger partial charge in [-0.05, 0) is 41.8 Å². The molecular weight excluding hydrogens is 410 g/mol. The van der Waals surface area contributed by atoms with Crippen molar-refractivity contribution >= 4 is 11.6 Å². The minimum absolute atomic E-state index is 0.166. The highest BCUT2D eigenvalue weighted by atomic mass is 19.4. The molecule has 0 saturated heterocycles. The van der Waals surface area contributed by atoms with E-state index in [1.807, 2.05) is 0 Å². The smallest absolute Gasteiger partial charge is 0.366 e. The molecule has 1 N–H and O–H groups in total. The summed E-state index contributed by atoms with van der Waals surface area (Å²) in [6.07, 6.45) is -4.74. The number of aliphatic hydroxyl groups is 1. The number of rotatable bonds is 2. The quantitative estimate of drug-likeness (QED) is 0.481. The summed E-state index contributed by atoms with van der Waals surface area (Å²) in [6.45, 7) is -0.166. The molecule has 1 heterocycles. The Labute approximate surface area is 175 Å². The Morgan fingerprint density at radius 2 is 1.61 bits per heavy atom. The van der Waals surface area contributed by atoms with Crippen molar-refractivity contribution in [2.24, 2.45) is 0 Å². The third-order valence-electron chi connectivity index (χ3n) is 4.97. The van der Waals surface area contributed by atoms with Crippen molar-refractivity contribution in [3.8, 4) is 11.8 Å². The molecule has 31 heavy (non-hydrogen) atoms. The second-order valence-corrected chi connectivity index (χ2v) is 7.04. The van der Waals surface area contributed by atoms with Crippen molar-refractivity contribution in [1.82, 2.24) is 0 Å². The highest BCUT2D eigenvalue weighted by Gasteiger charge is 2.52. The molecule has 3 aromatic rings. The van der Waals surface area contributed by atoms with E-state index in [4.69, 9.17) is 0 Å². The molecule has 7 heteroatoms. The number of nitrogens with zero attached hydrogens (tertiary/aromatic N) is 1. The van der Waals surface area contributed by atoms with E-state index in [2.05, 4.69) is 11.8 Å². The van der Waals surface area contributed by atoms with Crippen molar-refractivity contribution in [3.05, 3.63) is 101 Å². The average Bonchev–Trinajstić information content (AvgIpc) is 2.96. The van der Waals surface area contributed by atoms with Gasteiger partial charge in [0.25, 0.3) is 5.91 Å². The van der Waals surface area contributed by atoms with Crippen LogP contribution in [0.15, 0.2) is 72.8 Å². The Hall–Kier alpha value is -3.63. The van der Waals surface area contributed by atoms with E-state index < -0.39 is 34.8 Å². The van der Waals surface area contributed by atoms with E-state index >= 15 is 0 Å². The van der Waals surface area contributed by atoms with E-state index in [0.717, 1.165) is 29.2 Å². The van der Waals surface area contributed by atoms with E-state index in [1.165, 1.54) is 18.2 Å². The van der Waals surface area contributed by atoms with Gasteiger partial charge < -0.3 is 10.0 Å². The fraction of sp³-hybridized carbons (Fsp3) is 0.125. The van der Waals surface area contributed by atoms with E-state index in [-0.39, 0.29) is 12.1 Å². The third-order valence-corrected chi connectivity index (χ3v) is 4.97. The van der Waals surface area contributed by atoms with Crippen molar-refractivity contribution in [3.63, 3.8) is 0 Å². The summed E-state index contributed by atoms with van der Waals surface area (Å²) in [6, 6.07) is 16.7. The highest BCUT2D eigenvalue weighted by Crippen LogP contribution is 2.47. The molecule has 0 radical (unpaired) electrons. The zero-order valence-electron chi connectivity index (χ0n) is 15.9. The Morgan fingerprint density at radius 1 is 0.935 bits per heavy atom. The number of anilines is 1. The number of para-hydroxylation sites is 1. The van der Waals surface area contributed by atoms with Gasteiger partial charge in [-0.15, -0.1) is 0 Å². The normalized spacial score (nSPS) is 17.8. The molecule has 0 fully saturated rings. The summed E-state index contributed by atoms with van der Waals surface area (Å²) < 4.78 is 54.3. The SMILES string of the molecule is O=C1N(Cc2ccccc2)c2c(C(F)(F)F)cccc2[C@@]1(O)C#Cc1ccc(F)cc1. The van der Waals surface area contributed by atoms with Crippen molar-refractivity contribution in [2.45, 2.75) is 18.3 Å². The number of alkyl halides is 3. The van der Waals surface area contributed by atoms with E-state index in [0.29, 0.717) is 11.1 Å². The number of carbonyl (C=O) groups excluding carboxylic acids is 1. The summed E-state index contributed by atoms with van der Waals surface area (Å²) in [4.78, 5) is 14.1. The molecule has 1 aliphatic heterocycles. The molecule has 0 aliphatic carbocycles. The topological polar surface area (TPSA) is 40.5 Å². The number of fused-ring (bicyclic) bond motifs is 1. The fourth-order valence-corrected chi connectivity index (χ4v) is 3.50. The Morgan fingerprint density at radius 3 is 2.26 bits per heavy atom. The van der Waals surface area contributed by atoms with Crippen molar-refractivity contribution < 1.29 is 27.5 Å². The van der Waals surface area contributed by atoms with Crippen LogP contribution in [0.3, 0.4) is 0 Å². The molecule has 1 amide bonds. The summed E-state index contributed by atoms with van der Waals surface area (Å²) >= 11 is 0. The second kappa shape index (κ2) is 7.56. The molecule has 1 aliphatic rings. The first-order valence-electron chi connectivity index (χ1n) is 9.28. The zero-order valence-corrected chi connectivity index (χ0v) is 15.9. The number of hydrogen-bond donors (Lipinski definition) is 1. The fourth-order valence-electron chi connectivity index (χ4n) is 3.50. The molecular formula is C24H15F4NO2. The molecule has 156 valence electrons. The van der Waals surface area contributed by atoms with Gasteiger partial charge in [0.15, 0.2) is 0 Å². The van der Waals surface area contributed by atoms with Gasteiger partial charge in [0, 0.05) is 11.1 Å². The lowest BCUT2D eigenvalue weighted by atomic mass is 9.94. The molecule has 0 aromatic heterocycles. The lowest BCUT2D eigenvalue weighted by molar-refractivity contribution is -0.137. The molecule has 3 nitrogen and oxygen atoms in total. The highest BCUT2D eigenvalue weighted by molar-refractivity contribution is 6.09. The number of benzene rings is 3. The van der Waals surface area contributed by atoms with Gasteiger partial charge in [-0.25, -0.2) is 4.39 Å². The average molecular weight is 425 g/mol. The number of hydrogen-bond acceptors (Lipinski definition) is 2. The van der Waals surface area contributed by atoms with Crippen LogP contribution < -0.4 is 4.90 Å². The van der Waals surface area contributed by atoms with Gasteiger partial charge in [-0.1, -0.05) is 48.4 Å². The Bertz CT molecular complexity index is 1190. The van der Waals surface area contributed by atoms with Gasteiger partial charge in [0.05, 0.1) is 17.8 Å². The van der Waals surface area contributed by atoms with Crippen LogP contribution in [0.2, 0.25) is 0 Å². The molecule has 1 atom stereocenters. The number of halogens is 4. The summed E-state index contributed by atoms with van der Waals surface area (Å²) in [5, 5.41) is 11.2. The minimum atomic E-state index is -4.74. The Kier molecular flexibility index (Phi) is 5.03. The van der Waals surface area contributed by atoms with E-state index in [1.54, 1.807) is 30.3 Å². The van der Waals surface area contributed by atoms with Crippen LogP contribution in [-0.2, 0) is 23.1 Å². The lowest BCUT2D eigenvalue weighted by Gasteiger charge is -2.21. The van der Waals surface area contributed by atoms with Gasteiger partial charge in [-0.2, -0.15) is 13.2 Å².